The van der Waals surface area contributed by atoms with Gasteiger partial charge in [0.1, 0.15) is 5.82 Å². The third-order valence-electron chi connectivity index (χ3n) is 6.40. The molecule has 0 unspecified atom stereocenters. The number of piperidine rings is 1. The van der Waals surface area contributed by atoms with E-state index < -0.39 is 0 Å². The summed E-state index contributed by atoms with van der Waals surface area (Å²) in [5.41, 5.74) is 0. The van der Waals surface area contributed by atoms with Crippen molar-refractivity contribution >= 4 is 5.91 Å². The molecule has 2 saturated heterocycles. The van der Waals surface area contributed by atoms with Crippen molar-refractivity contribution in [1.82, 2.24) is 24.3 Å². The molecule has 2 aliphatic heterocycles. The molecule has 152 valence electrons. The fraction of sp³-hybridized carbons (Fsp3) is 0.810. The molecule has 0 spiro atoms. The molecular formula is C21H37N5O. The zero-order chi connectivity index (χ0) is 19.4. The van der Waals surface area contributed by atoms with Crippen LogP contribution in [0.2, 0.25) is 0 Å². The van der Waals surface area contributed by atoms with Crippen molar-refractivity contribution in [3.8, 4) is 0 Å². The van der Waals surface area contributed by atoms with Crippen molar-refractivity contribution in [2.45, 2.75) is 64.5 Å². The van der Waals surface area contributed by atoms with Gasteiger partial charge in [-0.2, -0.15) is 0 Å². The summed E-state index contributed by atoms with van der Waals surface area (Å²) in [6, 6.07) is 0.942. The van der Waals surface area contributed by atoms with Crippen LogP contribution in [-0.2, 0) is 4.79 Å². The number of carbonyl (C=O) groups excluding carboxylic acids is 1. The molecule has 0 bridgehead atoms. The van der Waals surface area contributed by atoms with Gasteiger partial charge in [0.2, 0.25) is 5.91 Å². The Labute approximate surface area is 164 Å². The minimum absolute atomic E-state index is 0.335. The highest BCUT2D eigenvalue weighted by Gasteiger charge is 2.27. The van der Waals surface area contributed by atoms with Gasteiger partial charge < -0.3 is 14.4 Å². The zero-order valence-corrected chi connectivity index (χ0v) is 17.6. The van der Waals surface area contributed by atoms with Gasteiger partial charge in [-0.15, -0.1) is 0 Å². The smallest absolute Gasteiger partial charge is 0.222 e. The van der Waals surface area contributed by atoms with Gasteiger partial charge in [0.05, 0.1) is 0 Å². The molecule has 2 fully saturated rings. The predicted octanol–water partition coefficient (Wildman–Crippen LogP) is 2.59. The number of rotatable bonds is 6. The Morgan fingerprint density at radius 3 is 2.41 bits per heavy atom. The van der Waals surface area contributed by atoms with E-state index in [0.717, 1.165) is 58.5 Å². The lowest BCUT2D eigenvalue weighted by molar-refractivity contribution is -0.132. The van der Waals surface area contributed by atoms with Crippen LogP contribution in [0.1, 0.15) is 64.2 Å². The molecule has 6 heteroatoms. The van der Waals surface area contributed by atoms with Crippen LogP contribution in [0.3, 0.4) is 0 Å². The second-order valence-electron chi connectivity index (χ2n) is 8.67. The summed E-state index contributed by atoms with van der Waals surface area (Å²) in [7, 11) is 2.18. The Morgan fingerprint density at radius 1 is 1.11 bits per heavy atom. The molecule has 0 aromatic carbocycles. The molecule has 1 amide bonds. The van der Waals surface area contributed by atoms with Crippen LogP contribution in [0, 0.1) is 0 Å². The average molecular weight is 376 g/mol. The molecule has 1 aromatic rings. The first-order chi connectivity index (χ1) is 13.0. The fourth-order valence-corrected chi connectivity index (χ4v) is 4.40. The maximum atomic E-state index is 12.7. The largest absolute Gasteiger partial charge is 0.343 e. The number of hydrogen-bond donors (Lipinski definition) is 0. The third kappa shape index (κ3) is 5.11. The third-order valence-corrected chi connectivity index (χ3v) is 6.40. The second-order valence-corrected chi connectivity index (χ2v) is 8.67. The Bertz CT molecular complexity index is 597. The van der Waals surface area contributed by atoms with E-state index >= 15 is 0 Å². The van der Waals surface area contributed by atoms with E-state index in [0.29, 0.717) is 30.3 Å². The van der Waals surface area contributed by atoms with Crippen LogP contribution < -0.4 is 0 Å². The van der Waals surface area contributed by atoms with Crippen molar-refractivity contribution in [1.29, 1.82) is 0 Å². The molecule has 6 nitrogen and oxygen atoms in total. The van der Waals surface area contributed by atoms with E-state index in [1.807, 2.05) is 6.20 Å². The molecule has 0 radical (unpaired) electrons. The molecule has 3 heterocycles. The Morgan fingerprint density at radius 2 is 1.78 bits per heavy atom. The highest BCUT2D eigenvalue weighted by molar-refractivity contribution is 5.76. The van der Waals surface area contributed by atoms with Gasteiger partial charge in [-0.25, -0.2) is 4.98 Å². The van der Waals surface area contributed by atoms with Crippen molar-refractivity contribution in [3.05, 3.63) is 18.2 Å². The summed E-state index contributed by atoms with van der Waals surface area (Å²) in [5.74, 6) is 2.01. The lowest BCUT2D eigenvalue weighted by Gasteiger charge is -2.37. The normalized spacial score (nSPS) is 21.7. The first-order valence-corrected chi connectivity index (χ1v) is 10.7. The molecule has 0 N–H and O–H groups in total. The summed E-state index contributed by atoms with van der Waals surface area (Å²) < 4.78 is 2.28. The van der Waals surface area contributed by atoms with Gasteiger partial charge in [-0.1, -0.05) is 0 Å². The minimum atomic E-state index is 0.335. The van der Waals surface area contributed by atoms with Crippen LogP contribution in [0.15, 0.2) is 12.4 Å². The van der Waals surface area contributed by atoms with Crippen LogP contribution in [0.4, 0.5) is 0 Å². The molecule has 27 heavy (non-hydrogen) atoms. The summed E-state index contributed by atoms with van der Waals surface area (Å²) in [5, 5.41) is 0. The highest BCUT2D eigenvalue weighted by atomic mass is 16.2. The quantitative estimate of drug-likeness (QED) is 0.767. The molecule has 1 atom stereocenters. The first-order valence-electron chi connectivity index (χ1n) is 10.7. The number of piperazine rings is 1. The van der Waals surface area contributed by atoms with Gasteiger partial charge in [0, 0.05) is 76.1 Å². The average Bonchev–Trinajstić information content (AvgIpc) is 3.17. The molecule has 0 saturated carbocycles. The molecule has 0 aliphatic carbocycles. The maximum Gasteiger partial charge on any atom is 0.222 e. The van der Waals surface area contributed by atoms with Crippen molar-refractivity contribution < 1.29 is 4.79 Å². The van der Waals surface area contributed by atoms with Crippen LogP contribution in [-0.4, -0.2) is 82.5 Å². The zero-order valence-electron chi connectivity index (χ0n) is 17.6. The maximum absolute atomic E-state index is 12.7. The summed E-state index contributed by atoms with van der Waals surface area (Å²) in [4.78, 5) is 24.3. The highest BCUT2D eigenvalue weighted by Crippen LogP contribution is 2.29. The first kappa shape index (κ1) is 20.3. The molecule has 3 rings (SSSR count). The predicted molar refractivity (Wildman–Crippen MR) is 109 cm³/mol. The van der Waals surface area contributed by atoms with Gasteiger partial charge >= 0.3 is 0 Å². The number of aromatic nitrogens is 2. The van der Waals surface area contributed by atoms with E-state index in [4.69, 9.17) is 0 Å². The Balaban J connectivity index is 1.42. The van der Waals surface area contributed by atoms with Crippen LogP contribution in [0.25, 0.3) is 0 Å². The molecule has 1 aromatic heterocycles. The van der Waals surface area contributed by atoms with Crippen LogP contribution >= 0.6 is 0 Å². The van der Waals surface area contributed by atoms with E-state index in [9.17, 15) is 4.79 Å². The Hall–Kier alpha value is -1.40. The van der Waals surface area contributed by atoms with E-state index in [-0.39, 0.29) is 0 Å². The summed E-state index contributed by atoms with van der Waals surface area (Å²) in [6.45, 7) is 12.9. The van der Waals surface area contributed by atoms with Gasteiger partial charge in [-0.05, 0) is 47.1 Å². The van der Waals surface area contributed by atoms with Gasteiger partial charge in [0.15, 0.2) is 0 Å². The SMILES string of the molecule is CC(C)n1ccnc1C1CCN(C(=O)CC[C@@H](C)N2CCN(C)CC2)CC1. The monoisotopic (exact) mass is 375 g/mol. The number of nitrogens with zero attached hydrogens (tertiary/aromatic N) is 5. The number of amides is 1. The number of imidazole rings is 1. The summed E-state index contributed by atoms with van der Waals surface area (Å²) >= 11 is 0. The van der Waals surface area contributed by atoms with Gasteiger partial charge in [0.25, 0.3) is 0 Å². The van der Waals surface area contributed by atoms with Crippen LogP contribution in [0.5, 0.6) is 0 Å². The van der Waals surface area contributed by atoms with Crippen molar-refractivity contribution in [2.24, 2.45) is 0 Å². The minimum Gasteiger partial charge on any atom is -0.343 e. The summed E-state index contributed by atoms with van der Waals surface area (Å²) in [6.07, 6.45) is 7.70. The molecule has 2 aliphatic rings. The number of carbonyl (C=O) groups is 1. The number of hydrogen-bond acceptors (Lipinski definition) is 4. The lowest BCUT2D eigenvalue weighted by Crippen LogP contribution is -2.48. The molecular weight excluding hydrogens is 338 g/mol. The lowest BCUT2D eigenvalue weighted by atomic mass is 9.95. The number of likely N-dealkylation sites (N-methyl/N-ethyl adjacent to an activating group) is 1. The van der Waals surface area contributed by atoms with Crippen molar-refractivity contribution in [2.75, 3.05) is 46.3 Å². The van der Waals surface area contributed by atoms with Gasteiger partial charge in [-0.3, -0.25) is 9.69 Å². The Kier molecular flexibility index (Phi) is 6.93. The topological polar surface area (TPSA) is 44.6 Å². The standard InChI is InChI=1S/C21H37N5O/c1-17(2)26-12-9-22-21(26)19-7-10-25(11-8-19)20(27)6-5-18(3)24-15-13-23(4)14-16-24/h9,12,17-19H,5-8,10-11,13-16H2,1-4H3/t18-/m1/s1. The van der Waals surface area contributed by atoms with E-state index in [1.165, 1.54) is 5.82 Å². The van der Waals surface area contributed by atoms with E-state index in [1.54, 1.807) is 0 Å². The number of likely N-dealkylation sites (tertiary alicyclic amines) is 1. The van der Waals surface area contributed by atoms with E-state index in [2.05, 4.69) is 58.3 Å². The fourth-order valence-electron chi connectivity index (χ4n) is 4.40. The van der Waals surface area contributed by atoms with Crippen molar-refractivity contribution in [3.63, 3.8) is 0 Å². The second kappa shape index (κ2) is 9.20.